The highest BCUT2D eigenvalue weighted by Crippen LogP contribution is 2.34. The number of nitro groups is 1. The number of hydrogen-bond acceptors (Lipinski definition) is 8. The topological polar surface area (TPSA) is 129 Å². The van der Waals surface area contributed by atoms with Gasteiger partial charge in [0, 0.05) is 0 Å². The van der Waals surface area contributed by atoms with Crippen LogP contribution in [0.2, 0.25) is 0 Å². The summed E-state index contributed by atoms with van der Waals surface area (Å²) >= 11 is 0. The minimum Gasteiger partial charge on any atom is -0.484 e. The number of rotatable bonds is 8. The number of nitrogens with one attached hydrogen (secondary N) is 2. The molecule has 0 spiro atoms. The maximum atomic E-state index is 12.0. The van der Waals surface area contributed by atoms with E-state index in [2.05, 4.69) is 20.8 Å². The highest BCUT2D eigenvalue weighted by Gasteiger charge is 2.25. The van der Waals surface area contributed by atoms with Crippen molar-refractivity contribution < 1.29 is 19.2 Å². The Hall–Kier alpha value is -4.21. The molecule has 0 atom stereocenters. The van der Waals surface area contributed by atoms with Crippen LogP contribution < -0.4 is 20.3 Å². The molecule has 10 nitrogen and oxygen atoms in total. The van der Waals surface area contributed by atoms with Crippen LogP contribution in [0, 0.1) is 24.0 Å². The van der Waals surface area contributed by atoms with Crippen molar-refractivity contribution in [2.24, 2.45) is 0 Å². The van der Waals surface area contributed by atoms with Crippen LogP contribution in [0.25, 0.3) is 0 Å². The zero-order chi connectivity index (χ0) is 21.5. The third kappa shape index (κ3) is 5.41. The molecule has 30 heavy (non-hydrogen) atoms. The normalized spacial score (nSPS) is 10.2. The Morgan fingerprint density at radius 3 is 2.43 bits per heavy atom. The van der Waals surface area contributed by atoms with Gasteiger partial charge >= 0.3 is 11.6 Å². The molecule has 2 aromatic carbocycles. The van der Waals surface area contributed by atoms with E-state index in [1.807, 2.05) is 26.0 Å². The van der Waals surface area contributed by atoms with E-state index >= 15 is 0 Å². The van der Waals surface area contributed by atoms with Crippen LogP contribution >= 0.6 is 0 Å². The summed E-state index contributed by atoms with van der Waals surface area (Å²) in [5.74, 6) is -0.103. The lowest BCUT2D eigenvalue weighted by molar-refractivity contribution is -0.385. The quantitative estimate of drug-likeness (QED) is 0.428. The summed E-state index contributed by atoms with van der Waals surface area (Å²) < 4.78 is 10.9. The summed E-state index contributed by atoms with van der Waals surface area (Å²) in [6.45, 7) is 3.48. The fourth-order valence-electron chi connectivity index (χ4n) is 2.63. The minimum atomic E-state index is -0.688. The standard InChI is InChI=1S/C20H19N5O5/c1-13-8-14(2)10-16(9-13)30-20-18(25(27)28)19(21-12-22-20)24-23-17(26)11-29-15-6-4-3-5-7-15/h3-10,12H,11H2,1-2H3,(H,23,26)(H,21,22,24). The van der Waals surface area contributed by atoms with Crippen LogP contribution in [0.15, 0.2) is 54.9 Å². The summed E-state index contributed by atoms with van der Waals surface area (Å²) in [4.78, 5) is 30.6. The summed E-state index contributed by atoms with van der Waals surface area (Å²) in [5.41, 5.74) is 6.10. The smallest absolute Gasteiger partial charge is 0.374 e. The lowest BCUT2D eigenvalue weighted by Crippen LogP contribution is -2.34. The molecule has 0 fully saturated rings. The molecule has 2 N–H and O–H groups in total. The van der Waals surface area contributed by atoms with Crippen molar-refractivity contribution >= 4 is 17.4 Å². The second kappa shape index (κ2) is 9.32. The second-order valence-electron chi connectivity index (χ2n) is 6.33. The van der Waals surface area contributed by atoms with Gasteiger partial charge in [-0.1, -0.05) is 24.3 Å². The summed E-state index contributed by atoms with van der Waals surface area (Å²) in [6.07, 6.45) is 1.10. The van der Waals surface area contributed by atoms with E-state index in [1.165, 1.54) is 0 Å². The lowest BCUT2D eigenvalue weighted by Gasteiger charge is -2.11. The SMILES string of the molecule is Cc1cc(C)cc(Oc2ncnc(NNC(=O)COc3ccccc3)c2[N+](=O)[O-])c1. The van der Waals surface area contributed by atoms with Crippen LogP contribution in [-0.4, -0.2) is 27.4 Å². The largest absolute Gasteiger partial charge is 0.484 e. The van der Waals surface area contributed by atoms with Gasteiger partial charge in [0.15, 0.2) is 6.61 Å². The number of benzene rings is 2. The Balaban J connectivity index is 1.71. The number of aryl methyl sites for hydroxylation is 2. The number of nitrogens with zero attached hydrogens (tertiary/aromatic N) is 3. The molecule has 10 heteroatoms. The molecule has 154 valence electrons. The summed E-state index contributed by atoms with van der Waals surface area (Å²) in [5, 5.41) is 11.6. The number of ether oxygens (including phenoxy) is 2. The van der Waals surface area contributed by atoms with E-state index in [1.54, 1.807) is 36.4 Å². The Bertz CT molecular complexity index is 1040. The Kier molecular flexibility index (Phi) is 6.38. The maximum Gasteiger partial charge on any atom is 0.374 e. The Morgan fingerprint density at radius 1 is 1.07 bits per heavy atom. The van der Waals surface area contributed by atoms with Crippen LogP contribution in [0.5, 0.6) is 17.4 Å². The van der Waals surface area contributed by atoms with Gasteiger partial charge in [0.05, 0.1) is 4.92 Å². The summed E-state index contributed by atoms with van der Waals surface area (Å²) in [6, 6.07) is 14.2. The molecule has 0 aliphatic rings. The van der Waals surface area contributed by atoms with Crippen molar-refractivity contribution in [1.29, 1.82) is 0 Å². The highest BCUT2D eigenvalue weighted by molar-refractivity contribution is 5.79. The number of aromatic nitrogens is 2. The molecule has 0 radical (unpaired) electrons. The number of hydrazine groups is 1. The van der Waals surface area contributed by atoms with E-state index in [4.69, 9.17) is 9.47 Å². The molecule has 1 amide bonds. The molecule has 0 saturated heterocycles. The van der Waals surface area contributed by atoms with Crippen molar-refractivity contribution in [3.8, 4) is 17.4 Å². The van der Waals surface area contributed by atoms with Gasteiger partial charge in [0.25, 0.3) is 5.91 Å². The third-order valence-electron chi connectivity index (χ3n) is 3.81. The van der Waals surface area contributed by atoms with E-state index in [9.17, 15) is 14.9 Å². The molecule has 0 aliphatic carbocycles. The Labute approximate surface area is 172 Å². The molecule has 1 heterocycles. The fourth-order valence-corrected chi connectivity index (χ4v) is 2.63. The zero-order valence-corrected chi connectivity index (χ0v) is 16.3. The fraction of sp³-hybridized carbons (Fsp3) is 0.150. The molecular weight excluding hydrogens is 390 g/mol. The number of para-hydroxylation sites is 1. The van der Waals surface area contributed by atoms with Crippen molar-refractivity contribution in [2.75, 3.05) is 12.0 Å². The zero-order valence-electron chi connectivity index (χ0n) is 16.3. The van der Waals surface area contributed by atoms with Crippen LogP contribution in [0.3, 0.4) is 0 Å². The summed E-state index contributed by atoms with van der Waals surface area (Å²) in [7, 11) is 0. The number of hydrogen-bond donors (Lipinski definition) is 2. The molecule has 1 aromatic heterocycles. The van der Waals surface area contributed by atoms with Gasteiger partial charge in [-0.3, -0.25) is 25.8 Å². The van der Waals surface area contributed by atoms with Gasteiger partial charge in [-0.15, -0.1) is 0 Å². The van der Waals surface area contributed by atoms with Crippen molar-refractivity contribution in [3.05, 3.63) is 76.1 Å². The molecule has 0 unspecified atom stereocenters. The molecule has 0 saturated carbocycles. The molecule has 0 bridgehead atoms. The van der Waals surface area contributed by atoms with Crippen LogP contribution in [0.1, 0.15) is 11.1 Å². The average Bonchev–Trinajstić information content (AvgIpc) is 2.70. The first-order chi connectivity index (χ1) is 14.4. The van der Waals surface area contributed by atoms with E-state index in [0.717, 1.165) is 17.5 Å². The molecule has 3 rings (SSSR count). The monoisotopic (exact) mass is 409 g/mol. The maximum absolute atomic E-state index is 12.0. The molecular formula is C20H19N5O5. The minimum absolute atomic E-state index is 0.220. The van der Waals surface area contributed by atoms with Gasteiger partial charge < -0.3 is 9.47 Å². The van der Waals surface area contributed by atoms with Gasteiger partial charge in [-0.2, -0.15) is 4.98 Å². The number of carbonyl (C=O) groups excluding carboxylic acids is 1. The predicted molar refractivity (Wildman–Crippen MR) is 108 cm³/mol. The van der Waals surface area contributed by atoms with Crippen molar-refractivity contribution in [2.45, 2.75) is 13.8 Å². The highest BCUT2D eigenvalue weighted by atomic mass is 16.6. The second-order valence-corrected chi connectivity index (χ2v) is 6.33. The van der Waals surface area contributed by atoms with Gasteiger partial charge in [0.1, 0.15) is 17.8 Å². The van der Waals surface area contributed by atoms with Crippen molar-refractivity contribution in [3.63, 3.8) is 0 Å². The van der Waals surface area contributed by atoms with E-state index in [-0.39, 0.29) is 18.3 Å². The first kappa shape index (κ1) is 20.5. The molecule has 0 aliphatic heterocycles. The van der Waals surface area contributed by atoms with Crippen molar-refractivity contribution in [1.82, 2.24) is 15.4 Å². The Morgan fingerprint density at radius 2 is 1.77 bits per heavy atom. The third-order valence-corrected chi connectivity index (χ3v) is 3.81. The van der Waals surface area contributed by atoms with Crippen LogP contribution in [0.4, 0.5) is 11.5 Å². The van der Waals surface area contributed by atoms with E-state index in [0.29, 0.717) is 11.5 Å². The molecule has 3 aromatic rings. The van der Waals surface area contributed by atoms with Crippen LogP contribution in [-0.2, 0) is 4.79 Å². The number of anilines is 1. The van der Waals surface area contributed by atoms with Gasteiger partial charge in [-0.05, 0) is 49.2 Å². The lowest BCUT2D eigenvalue weighted by atomic mass is 10.1. The first-order valence-electron chi connectivity index (χ1n) is 8.90. The van der Waals surface area contributed by atoms with E-state index < -0.39 is 16.5 Å². The predicted octanol–water partition coefficient (Wildman–Crippen LogP) is 3.32. The number of amides is 1. The average molecular weight is 409 g/mol. The first-order valence-corrected chi connectivity index (χ1v) is 8.90. The van der Waals surface area contributed by atoms with Gasteiger partial charge in [0.2, 0.25) is 5.82 Å². The van der Waals surface area contributed by atoms with Gasteiger partial charge in [-0.25, -0.2) is 4.98 Å². The number of carbonyl (C=O) groups is 1.